The van der Waals surface area contributed by atoms with Gasteiger partial charge in [-0.15, -0.1) is 0 Å². The monoisotopic (exact) mass is 413 g/mol. The van der Waals surface area contributed by atoms with Crippen LogP contribution in [0.25, 0.3) is 33.2 Å². The van der Waals surface area contributed by atoms with Crippen molar-refractivity contribution in [3.8, 4) is 28.5 Å². The van der Waals surface area contributed by atoms with Crippen molar-refractivity contribution in [3.63, 3.8) is 0 Å². The predicted octanol–water partition coefficient (Wildman–Crippen LogP) is 5.84. The Bertz CT molecular complexity index is 1420. The number of benzene rings is 2. The van der Waals surface area contributed by atoms with Crippen molar-refractivity contribution in [2.75, 3.05) is 5.32 Å². The molecule has 2 aromatic carbocycles. The SMILES string of the molecule is N#Cc1cncc(-c2cc3cccc(-c4ccccc4)c3c(NCc3ccccn3)n2)c1. The van der Waals surface area contributed by atoms with Crippen LogP contribution >= 0.6 is 0 Å². The lowest BCUT2D eigenvalue weighted by Gasteiger charge is -2.15. The summed E-state index contributed by atoms with van der Waals surface area (Å²) in [6, 6.07) is 28.4. The lowest BCUT2D eigenvalue weighted by molar-refractivity contribution is 1.03. The average molecular weight is 413 g/mol. The highest BCUT2D eigenvalue weighted by molar-refractivity contribution is 6.05. The van der Waals surface area contributed by atoms with E-state index in [0.717, 1.165) is 44.7 Å². The second kappa shape index (κ2) is 8.66. The third kappa shape index (κ3) is 3.90. The van der Waals surface area contributed by atoms with Crippen LogP contribution in [0.5, 0.6) is 0 Å². The van der Waals surface area contributed by atoms with Crippen molar-refractivity contribution in [1.82, 2.24) is 15.0 Å². The minimum Gasteiger partial charge on any atom is -0.364 e. The molecule has 5 heteroatoms. The number of anilines is 1. The molecule has 0 bridgehead atoms. The van der Waals surface area contributed by atoms with Crippen molar-refractivity contribution in [1.29, 1.82) is 5.26 Å². The number of nitriles is 1. The van der Waals surface area contributed by atoms with Crippen LogP contribution in [-0.4, -0.2) is 15.0 Å². The number of nitrogens with one attached hydrogen (secondary N) is 1. The number of fused-ring (bicyclic) bond motifs is 1. The molecule has 152 valence electrons. The van der Waals surface area contributed by atoms with E-state index in [2.05, 4.69) is 51.7 Å². The predicted molar refractivity (Wildman–Crippen MR) is 127 cm³/mol. The second-order valence-corrected chi connectivity index (χ2v) is 7.37. The van der Waals surface area contributed by atoms with E-state index in [9.17, 15) is 5.26 Å². The zero-order valence-corrected chi connectivity index (χ0v) is 17.2. The van der Waals surface area contributed by atoms with Crippen LogP contribution in [0.3, 0.4) is 0 Å². The Morgan fingerprint density at radius 1 is 0.844 bits per heavy atom. The Morgan fingerprint density at radius 3 is 2.53 bits per heavy atom. The number of aromatic nitrogens is 3. The highest BCUT2D eigenvalue weighted by Crippen LogP contribution is 2.35. The van der Waals surface area contributed by atoms with E-state index in [1.165, 1.54) is 0 Å². The number of rotatable bonds is 5. The first kappa shape index (κ1) is 19.4. The molecule has 0 fully saturated rings. The van der Waals surface area contributed by atoms with Crippen molar-refractivity contribution in [3.05, 3.63) is 109 Å². The fourth-order valence-corrected chi connectivity index (χ4v) is 3.76. The third-order valence-corrected chi connectivity index (χ3v) is 5.27. The molecule has 0 saturated carbocycles. The summed E-state index contributed by atoms with van der Waals surface area (Å²) in [5.41, 5.74) is 5.23. The van der Waals surface area contributed by atoms with Crippen LogP contribution in [-0.2, 0) is 6.54 Å². The maximum absolute atomic E-state index is 9.28. The Morgan fingerprint density at radius 2 is 1.72 bits per heavy atom. The zero-order valence-electron chi connectivity index (χ0n) is 17.2. The maximum Gasteiger partial charge on any atom is 0.135 e. The van der Waals surface area contributed by atoms with Crippen molar-refractivity contribution in [2.45, 2.75) is 6.54 Å². The lowest BCUT2D eigenvalue weighted by atomic mass is 9.97. The molecule has 5 nitrogen and oxygen atoms in total. The summed E-state index contributed by atoms with van der Waals surface area (Å²) in [4.78, 5) is 13.6. The Balaban J connectivity index is 1.69. The second-order valence-electron chi connectivity index (χ2n) is 7.37. The van der Waals surface area contributed by atoms with E-state index in [-0.39, 0.29) is 0 Å². The van der Waals surface area contributed by atoms with E-state index in [1.54, 1.807) is 18.6 Å². The van der Waals surface area contributed by atoms with Gasteiger partial charge in [0.2, 0.25) is 0 Å². The molecule has 0 aliphatic carbocycles. The van der Waals surface area contributed by atoms with Crippen LogP contribution in [0.15, 0.2) is 97.5 Å². The Labute approximate surface area is 186 Å². The smallest absolute Gasteiger partial charge is 0.135 e. The Kier molecular flexibility index (Phi) is 5.25. The molecule has 0 aliphatic rings. The quantitative estimate of drug-likeness (QED) is 0.392. The summed E-state index contributed by atoms with van der Waals surface area (Å²) < 4.78 is 0. The molecule has 0 unspecified atom stereocenters. The molecule has 0 radical (unpaired) electrons. The van der Waals surface area contributed by atoms with Gasteiger partial charge in [0.15, 0.2) is 0 Å². The van der Waals surface area contributed by atoms with Gasteiger partial charge in [-0.3, -0.25) is 9.97 Å². The van der Waals surface area contributed by atoms with Crippen molar-refractivity contribution in [2.24, 2.45) is 0 Å². The van der Waals surface area contributed by atoms with Gasteiger partial charge in [0.25, 0.3) is 0 Å². The minimum atomic E-state index is 0.505. The summed E-state index contributed by atoms with van der Waals surface area (Å²) in [6.45, 7) is 0.548. The molecule has 0 aliphatic heterocycles. The summed E-state index contributed by atoms with van der Waals surface area (Å²) in [5.74, 6) is 0.768. The van der Waals surface area contributed by atoms with Crippen LogP contribution in [0.2, 0.25) is 0 Å². The third-order valence-electron chi connectivity index (χ3n) is 5.27. The van der Waals surface area contributed by atoms with Gasteiger partial charge in [0, 0.05) is 29.5 Å². The van der Waals surface area contributed by atoms with E-state index in [4.69, 9.17) is 4.98 Å². The van der Waals surface area contributed by atoms with Gasteiger partial charge in [-0.25, -0.2) is 4.98 Å². The standard InChI is InChI=1S/C27H19N5/c28-15-19-13-22(17-29-16-19)25-14-21-9-6-11-24(20-7-2-1-3-8-20)26(21)27(32-25)31-18-23-10-4-5-12-30-23/h1-14,16-17H,18H2,(H,31,32). The fraction of sp³-hybridized carbons (Fsp3) is 0.0370. The van der Waals surface area contributed by atoms with E-state index in [0.29, 0.717) is 12.1 Å². The van der Waals surface area contributed by atoms with Crippen LogP contribution in [0, 0.1) is 11.3 Å². The molecule has 1 N–H and O–H groups in total. The highest BCUT2D eigenvalue weighted by Gasteiger charge is 2.13. The van der Waals surface area contributed by atoms with Gasteiger partial charge in [0.05, 0.1) is 23.5 Å². The molecular weight excluding hydrogens is 394 g/mol. The van der Waals surface area contributed by atoms with Crippen LogP contribution in [0.4, 0.5) is 5.82 Å². The van der Waals surface area contributed by atoms with E-state index >= 15 is 0 Å². The number of hydrogen-bond donors (Lipinski definition) is 1. The van der Waals surface area contributed by atoms with Gasteiger partial charge >= 0.3 is 0 Å². The summed E-state index contributed by atoms with van der Waals surface area (Å²) in [7, 11) is 0. The first-order chi connectivity index (χ1) is 15.8. The molecule has 0 saturated heterocycles. The van der Waals surface area contributed by atoms with Crippen molar-refractivity contribution < 1.29 is 0 Å². The molecule has 32 heavy (non-hydrogen) atoms. The molecular formula is C27H19N5. The summed E-state index contributed by atoms with van der Waals surface area (Å²) >= 11 is 0. The van der Waals surface area contributed by atoms with E-state index in [1.807, 2.05) is 48.5 Å². The number of hydrogen-bond acceptors (Lipinski definition) is 5. The first-order valence-electron chi connectivity index (χ1n) is 10.3. The summed E-state index contributed by atoms with van der Waals surface area (Å²) in [5, 5.41) is 14.9. The maximum atomic E-state index is 9.28. The van der Waals surface area contributed by atoms with Crippen LogP contribution in [0.1, 0.15) is 11.3 Å². The average Bonchev–Trinajstić information content (AvgIpc) is 2.88. The number of pyridine rings is 3. The number of nitrogens with zero attached hydrogens (tertiary/aromatic N) is 4. The summed E-state index contributed by atoms with van der Waals surface area (Å²) in [6.07, 6.45) is 5.07. The van der Waals surface area contributed by atoms with Gasteiger partial charge in [-0.05, 0) is 40.8 Å². The molecule has 0 amide bonds. The first-order valence-corrected chi connectivity index (χ1v) is 10.3. The van der Waals surface area contributed by atoms with Gasteiger partial charge < -0.3 is 5.32 Å². The van der Waals surface area contributed by atoms with Gasteiger partial charge in [0.1, 0.15) is 11.9 Å². The molecule has 0 spiro atoms. The van der Waals surface area contributed by atoms with Gasteiger partial charge in [-0.2, -0.15) is 5.26 Å². The van der Waals surface area contributed by atoms with Crippen LogP contribution < -0.4 is 5.32 Å². The largest absolute Gasteiger partial charge is 0.364 e. The normalized spacial score (nSPS) is 10.6. The lowest BCUT2D eigenvalue weighted by Crippen LogP contribution is -2.05. The fourth-order valence-electron chi connectivity index (χ4n) is 3.76. The molecule has 5 rings (SSSR count). The molecule has 0 atom stereocenters. The Hall–Kier alpha value is -4.56. The van der Waals surface area contributed by atoms with Gasteiger partial charge in [-0.1, -0.05) is 54.6 Å². The highest BCUT2D eigenvalue weighted by atomic mass is 15.0. The zero-order chi connectivity index (χ0) is 21.8. The molecule has 3 aromatic heterocycles. The van der Waals surface area contributed by atoms with E-state index < -0.39 is 0 Å². The molecule has 3 heterocycles. The van der Waals surface area contributed by atoms with Crippen molar-refractivity contribution >= 4 is 16.6 Å². The minimum absolute atomic E-state index is 0.505. The molecule has 5 aromatic rings. The topological polar surface area (TPSA) is 74.5 Å².